The van der Waals surface area contributed by atoms with Gasteiger partial charge in [-0.25, -0.2) is 4.39 Å². The highest BCUT2D eigenvalue weighted by Gasteiger charge is 2.45. The van der Waals surface area contributed by atoms with Gasteiger partial charge in [-0.3, -0.25) is 14.4 Å². The van der Waals surface area contributed by atoms with Crippen LogP contribution in [0.1, 0.15) is 31.7 Å². The first-order chi connectivity index (χ1) is 15.9. The molecular formula is C25H26FN3O4. The summed E-state index contributed by atoms with van der Waals surface area (Å²) in [7, 11) is 0. The monoisotopic (exact) mass is 451 g/mol. The van der Waals surface area contributed by atoms with Crippen molar-refractivity contribution in [1.82, 2.24) is 4.90 Å². The van der Waals surface area contributed by atoms with Crippen molar-refractivity contribution in [2.75, 3.05) is 31.1 Å². The minimum absolute atomic E-state index is 0.00283. The van der Waals surface area contributed by atoms with Crippen LogP contribution >= 0.6 is 0 Å². The fourth-order valence-corrected chi connectivity index (χ4v) is 4.13. The van der Waals surface area contributed by atoms with Crippen molar-refractivity contribution < 1.29 is 23.5 Å². The summed E-state index contributed by atoms with van der Waals surface area (Å²) in [6.07, 6.45) is 0.743. The van der Waals surface area contributed by atoms with Gasteiger partial charge in [0.15, 0.2) is 6.61 Å². The third-order valence-electron chi connectivity index (χ3n) is 6.00. The largest absolute Gasteiger partial charge is 0.455 e. The van der Waals surface area contributed by atoms with E-state index in [-0.39, 0.29) is 24.6 Å². The quantitative estimate of drug-likeness (QED) is 0.603. The average molecular weight is 451 g/mol. The van der Waals surface area contributed by atoms with Gasteiger partial charge < -0.3 is 14.5 Å². The number of anilines is 1. The molecule has 0 unspecified atom stereocenters. The van der Waals surface area contributed by atoms with Crippen LogP contribution in [0.25, 0.3) is 0 Å². The predicted molar refractivity (Wildman–Crippen MR) is 120 cm³/mol. The zero-order chi connectivity index (χ0) is 23.8. The van der Waals surface area contributed by atoms with E-state index >= 15 is 0 Å². The Morgan fingerprint density at radius 2 is 1.73 bits per heavy atom. The highest BCUT2D eigenvalue weighted by atomic mass is 19.1. The summed E-state index contributed by atoms with van der Waals surface area (Å²) in [5, 5.41) is 8.93. The van der Waals surface area contributed by atoms with Crippen LogP contribution in [0.4, 0.5) is 10.1 Å². The van der Waals surface area contributed by atoms with E-state index in [9.17, 15) is 18.8 Å². The molecule has 0 saturated carbocycles. The Morgan fingerprint density at radius 3 is 2.33 bits per heavy atom. The molecule has 7 nitrogen and oxygen atoms in total. The van der Waals surface area contributed by atoms with E-state index in [0.29, 0.717) is 25.9 Å². The van der Waals surface area contributed by atoms with Crippen LogP contribution in [0.3, 0.4) is 0 Å². The molecule has 0 aliphatic carbocycles. The fourth-order valence-electron chi connectivity index (χ4n) is 4.13. The Labute approximate surface area is 192 Å². The number of halogens is 1. The first-order valence-electron chi connectivity index (χ1n) is 10.8. The van der Waals surface area contributed by atoms with Gasteiger partial charge in [0.2, 0.25) is 5.91 Å². The molecule has 0 spiro atoms. The number of para-hydroxylation sites is 1. The molecule has 1 heterocycles. The lowest BCUT2D eigenvalue weighted by Crippen LogP contribution is -2.50. The smallest absolute Gasteiger partial charge is 0.317 e. The van der Waals surface area contributed by atoms with Gasteiger partial charge in [0, 0.05) is 26.6 Å². The van der Waals surface area contributed by atoms with Crippen LogP contribution in [0.2, 0.25) is 0 Å². The van der Waals surface area contributed by atoms with Crippen molar-refractivity contribution >= 4 is 23.5 Å². The van der Waals surface area contributed by atoms with Crippen LogP contribution in [0.15, 0.2) is 54.6 Å². The van der Waals surface area contributed by atoms with Crippen molar-refractivity contribution in [2.45, 2.75) is 31.6 Å². The van der Waals surface area contributed by atoms with Crippen LogP contribution in [-0.2, 0) is 24.5 Å². The topological polar surface area (TPSA) is 90.7 Å². The number of nitrogens with zero attached hydrogens (tertiary/aromatic N) is 3. The van der Waals surface area contributed by atoms with Crippen molar-refractivity contribution in [1.29, 1.82) is 5.26 Å². The number of likely N-dealkylation sites (tertiary alicyclic amines) is 1. The molecule has 3 rings (SSSR count). The van der Waals surface area contributed by atoms with Gasteiger partial charge in [-0.15, -0.1) is 0 Å². The van der Waals surface area contributed by atoms with E-state index < -0.39 is 29.7 Å². The molecule has 0 atom stereocenters. The van der Waals surface area contributed by atoms with Crippen molar-refractivity contribution in [3.8, 4) is 6.07 Å². The van der Waals surface area contributed by atoms with Gasteiger partial charge in [-0.1, -0.05) is 42.5 Å². The Hall–Kier alpha value is -3.73. The maximum absolute atomic E-state index is 14.3. The minimum Gasteiger partial charge on any atom is -0.455 e. The molecule has 172 valence electrons. The molecule has 1 saturated heterocycles. The predicted octanol–water partition coefficient (Wildman–Crippen LogP) is 3.20. The molecule has 33 heavy (non-hydrogen) atoms. The number of carbonyl (C=O) groups is 3. The summed E-state index contributed by atoms with van der Waals surface area (Å²) in [4.78, 5) is 40.8. The van der Waals surface area contributed by atoms with Gasteiger partial charge in [0.1, 0.15) is 5.82 Å². The zero-order valence-corrected chi connectivity index (χ0v) is 18.5. The number of benzene rings is 2. The van der Waals surface area contributed by atoms with Gasteiger partial charge in [0.05, 0.1) is 23.6 Å². The molecule has 0 radical (unpaired) electrons. The molecule has 2 amide bonds. The lowest BCUT2D eigenvalue weighted by atomic mass is 9.72. The molecule has 0 bridgehead atoms. The van der Waals surface area contributed by atoms with Gasteiger partial charge in [-0.2, -0.15) is 5.26 Å². The number of carbonyl (C=O) groups excluding carboxylic acids is 3. The molecule has 0 aromatic heterocycles. The number of piperidine rings is 1. The second-order valence-electron chi connectivity index (χ2n) is 7.94. The molecule has 1 aliphatic rings. The lowest BCUT2D eigenvalue weighted by Gasteiger charge is -2.40. The van der Waals surface area contributed by atoms with Crippen LogP contribution in [-0.4, -0.2) is 48.9 Å². The zero-order valence-electron chi connectivity index (χ0n) is 18.5. The summed E-state index contributed by atoms with van der Waals surface area (Å²) in [5.74, 6) is -1.84. The SMILES string of the molecule is CC(=O)N1CCC(C(=O)OCC(=O)N(CCC#N)c2ccccc2F)(c2ccccc2)CC1. The molecule has 2 aromatic carbocycles. The standard InChI is InChI=1S/C25H26FN3O4/c1-19(30)28-16-12-25(13-17-28,20-8-3-2-4-9-20)24(32)33-18-23(31)29(15-7-14-27)22-11-6-5-10-21(22)26/h2-6,8-11H,7,12-13,15-18H2,1H3. The lowest BCUT2D eigenvalue weighted by molar-refractivity contribution is -0.156. The molecular weight excluding hydrogens is 425 g/mol. The Morgan fingerprint density at radius 1 is 1.09 bits per heavy atom. The second kappa shape index (κ2) is 10.7. The highest BCUT2D eigenvalue weighted by molar-refractivity contribution is 5.96. The number of ether oxygens (including phenoxy) is 1. The van der Waals surface area contributed by atoms with E-state index in [1.54, 1.807) is 11.0 Å². The summed E-state index contributed by atoms with van der Waals surface area (Å²) >= 11 is 0. The molecule has 2 aromatic rings. The van der Waals surface area contributed by atoms with Crippen molar-refractivity contribution in [3.63, 3.8) is 0 Å². The van der Waals surface area contributed by atoms with E-state index in [2.05, 4.69) is 0 Å². The second-order valence-corrected chi connectivity index (χ2v) is 7.94. The van der Waals surface area contributed by atoms with Crippen LogP contribution in [0, 0.1) is 17.1 Å². The Kier molecular flexibility index (Phi) is 7.78. The average Bonchev–Trinajstić information content (AvgIpc) is 2.84. The fraction of sp³-hybridized carbons (Fsp3) is 0.360. The normalized spacial score (nSPS) is 14.8. The Bertz CT molecular complexity index is 1040. The van der Waals surface area contributed by atoms with Gasteiger partial charge in [-0.05, 0) is 30.5 Å². The minimum atomic E-state index is -0.983. The number of hydrogen-bond donors (Lipinski definition) is 0. The summed E-state index contributed by atoms with van der Waals surface area (Å²) in [6.45, 7) is 1.69. The molecule has 8 heteroatoms. The number of rotatable bonds is 7. The van der Waals surface area contributed by atoms with E-state index in [1.165, 1.54) is 25.1 Å². The number of amides is 2. The number of nitriles is 1. The maximum atomic E-state index is 14.3. The van der Waals surface area contributed by atoms with Gasteiger partial charge >= 0.3 is 5.97 Å². The maximum Gasteiger partial charge on any atom is 0.317 e. The number of hydrogen-bond acceptors (Lipinski definition) is 5. The van der Waals surface area contributed by atoms with Crippen molar-refractivity contribution in [2.24, 2.45) is 0 Å². The van der Waals surface area contributed by atoms with Crippen LogP contribution in [0.5, 0.6) is 0 Å². The summed E-state index contributed by atoms with van der Waals surface area (Å²) in [5.41, 5.74) is -0.189. The van der Waals surface area contributed by atoms with E-state index in [1.807, 2.05) is 36.4 Å². The number of esters is 1. The summed E-state index contributed by atoms with van der Waals surface area (Å²) in [6, 6.07) is 16.9. The van der Waals surface area contributed by atoms with Crippen molar-refractivity contribution in [3.05, 3.63) is 66.0 Å². The van der Waals surface area contributed by atoms with E-state index in [0.717, 1.165) is 10.5 Å². The molecule has 0 N–H and O–H groups in total. The van der Waals surface area contributed by atoms with Crippen LogP contribution < -0.4 is 4.90 Å². The third kappa shape index (κ3) is 5.37. The first-order valence-corrected chi connectivity index (χ1v) is 10.8. The van der Waals surface area contributed by atoms with Gasteiger partial charge in [0.25, 0.3) is 5.91 Å². The Balaban J connectivity index is 1.78. The molecule has 1 aliphatic heterocycles. The summed E-state index contributed by atoms with van der Waals surface area (Å²) < 4.78 is 19.8. The highest BCUT2D eigenvalue weighted by Crippen LogP contribution is 2.37. The van der Waals surface area contributed by atoms with E-state index in [4.69, 9.17) is 10.00 Å². The molecule has 1 fully saturated rings. The first kappa shape index (κ1) is 23.9. The third-order valence-corrected chi connectivity index (χ3v) is 6.00.